The summed E-state index contributed by atoms with van der Waals surface area (Å²) in [7, 11) is 1.56. The van der Waals surface area contributed by atoms with Gasteiger partial charge in [0, 0.05) is 48.0 Å². The van der Waals surface area contributed by atoms with E-state index in [0.717, 1.165) is 4.70 Å². The number of aromatic nitrogens is 2. The minimum atomic E-state index is -0.496. The van der Waals surface area contributed by atoms with E-state index in [1.54, 1.807) is 37.4 Å². The molecule has 0 aliphatic rings. The van der Waals surface area contributed by atoms with Crippen LogP contribution in [0.5, 0.6) is 0 Å². The normalized spacial score (nSPS) is 11.2. The summed E-state index contributed by atoms with van der Waals surface area (Å²) in [4.78, 5) is 42.0. The van der Waals surface area contributed by atoms with Gasteiger partial charge in [-0.05, 0) is 18.6 Å². The minimum absolute atomic E-state index is 0.0327. The van der Waals surface area contributed by atoms with E-state index in [9.17, 15) is 19.7 Å². The maximum atomic E-state index is 13.4. The minimum Gasteiger partial charge on any atom is -0.385 e. The van der Waals surface area contributed by atoms with Crippen LogP contribution in [0.4, 0.5) is 5.69 Å². The van der Waals surface area contributed by atoms with Gasteiger partial charge in [-0.2, -0.15) is 0 Å². The molecule has 4 rings (SSSR count). The largest absolute Gasteiger partial charge is 0.385 e. The van der Waals surface area contributed by atoms with Crippen LogP contribution in [0.1, 0.15) is 6.42 Å². The van der Waals surface area contributed by atoms with Crippen LogP contribution in [0.2, 0.25) is 0 Å². The molecule has 152 valence electrons. The summed E-state index contributed by atoms with van der Waals surface area (Å²) in [6, 6.07) is 13.0. The SMILES string of the molecule is COCCCn1c(-c2cccc([N+](=O)[O-])c2)nc2sc3ccccc3c(=O)c2c1=O. The van der Waals surface area contributed by atoms with Gasteiger partial charge >= 0.3 is 0 Å². The topological polar surface area (TPSA) is 104 Å². The number of benzene rings is 2. The monoisotopic (exact) mass is 423 g/mol. The molecule has 0 aliphatic carbocycles. The number of hydrogen-bond donors (Lipinski definition) is 0. The van der Waals surface area contributed by atoms with E-state index < -0.39 is 10.5 Å². The third kappa shape index (κ3) is 3.49. The zero-order valence-corrected chi connectivity index (χ0v) is 16.8. The van der Waals surface area contributed by atoms with Crippen molar-refractivity contribution in [2.24, 2.45) is 0 Å². The summed E-state index contributed by atoms with van der Waals surface area (Å²) in [5, 5.41) is 11.7. The van der Waals surface area contributed by atoms with E-state index in [0.29, 0.717) is 34.6 Å². The molecule has 0 radical (unpaired) electrons. The highest BCUT2D eigenvalue weighted by Crippen LogP contribution is 2.26. The lowest BCUT2D eigenvalue weighted by Crippen LogP contribution is -2.27. The highest BCUT2D eigenvalue weighted by atomic mass is 32.1. The van der Waals surface area contributed by atoms with Gasteiger partial charge in [0.25, 0.3) is 11.2 Å². The number of hydrogen-bond acceptors (Lipinski definition) is 7. The maximum Gasteiger partial charge on any atom is 0.270 e. The molecule has 2 aromatic heterocycles. The zero-order valence-electron chi connectivity index (χ0n) is 16.0. The first-order chi connectivity index (χ1) is 14.5. The number of ether oxygens (including phenoxy) is 1. The Kier molecular flexibility index (Phi) is 5.39. The lowest BCUT2D eigenvalue weighted by molar-refractivity contribution is -0.384. The van der Waals surface area contributed by atoms with Gasteiger partial charge in [-0.1, -0.05) is 24.3 Å². The summed E-state index contributed by atoms with van der Waals surface area (Å²) >= 11 is 1.25. The smallest absolute Gasteiger partial charge is 0.270 e. The van der Waals surface area contributed by atoms with Crippen molar-refractivity contribution >= 4 is 37.3 Å². The quantitative estimate of drug-likeness (QED) is 0.203. The van der Waals surface area contributed by atoms with E-state index >= 15 is 0 Å². The summed E-state index contributed by atoms with van der Waals surface area (Å²) < 4.78 is 7.22. The van der Waals surface area contributed by atoms with Gasteiger partial charge in [-0.3, -0.25) is 24.3 Å². The van der Waals surface area contributed by atoms with Crippen molar-refractivity contribution in [1.29, 1.82) is 0 Å². The summed E-state index contributed by atoms with van der Waals surface area (Å²) in [6.45, 7) is 0.688. The summed E-state index contributed by atoms with van der Waals surface area (Å²) in [5.41, 5.74) is -0.474. The van der Waals surface area contributed by atoms with Gasteiger partial charge < -0.3 is 4.74 Å². The van der Waals surface area contributed by atoms with Crippen LogP contribution < -0.4 is 11.0 Å². The van der Waals surface area contributed by atoms with E-state index in [1.807, 2.05) is 6.07 Å². The molecular formula is C21H17N3O5S. The Morgan fingerprint density at radius 3 is 2.73 bits per heavy atom. The predicted octanol–water partition coefficient (Wildman–Crippen LogP) is 3.58. The molecule has 2 heterocycles. The fourth-order valence-corrected chi connectivity index (χ4v) is 4.38. The van der Waals surface area contributed by atoms with E-state index in [2.05, 4.69) is 4.98 Å². The van der Waals surface area contributed by atoms with E-state index in [1.165, 1.54) is 28.0 Å². The van der Waals surface area contributed by atoms with Crippen molar-refractivity contribution < 1.29 is 9.66 Å². The molecule has 0 fully saturated rings. The summed E-state index contributed by atoms with van der Waals surface area (Å²) in [5.74, 6) is 0.290. The molecule has 8 nitrogen and oxygen atoms in total. The number of nitro benzene ring substituents is 1. The van der Waals surface area contributed by atoms with Crippen molar-refractivity contribution in [3.8, 4) is 11.4 Å². The number of rotatable bonds is 6. The van der Waals surface area contributed by atoms with Crippen molar-refractivity contribution in [3.05, 3.63) is 79.2 Å². The zero-order chi connectivity index (χ0) is 21.3. The average Bonchev–Trinajstić information content (AvgIpc) is 2.75. The molecule has 2 aromatic carbocycles. The molecule has 0 amide bonds. The van der Waals surface area contributed by atoms with Crippen molar-refractivity contribution in [1.82, 2.24) is 9.55 Å². The molecular weight excluding hydrogens is 406 g/mol. The lowest BCUT2D eigenvalue weighted by atomic mass is 10.1. The Balaban J connectivity index is 2.05. The Hall–Kier alpha value is -3.43. The first kappa shape index (κ1) is 19.9. The van der Waals surface area contributed by atoms with Crippen LogP contribution in [0.3, 0.4) is 0 Å². The van der Waals surface area contributed by atoms with Gasteiger partial charge in [-0.25, -0.2) is 4.98 Å². The maximum absolute atomic E-state index is 13.4. The summed E-state index contributed by atoms with van der Waals surface area (Å²) in [6.07, 6.45) is 0.525. The van der Waals surface area contributed by atoms with Gasteiger partial charge in [0.15, 0.2) is 0 Å². The third-order valence-electron chi connectivity index (χ3n) is 4.75. The molecule has 0 saturated heterocycles. The number of nitrogens with zero attached hydrogens (tertiary/aromatic N) is 3. The first-order valence-electron chi connectivity index (χ1n) is 9.21. The highest BCUT2D eigenvalue weighted by Gasteiger charge is 2.19. The molecule has 0 saturated carbocycles. The van der Waals surface area contributed by atoms with E-state index in [4.69, 9.17) is 4.74 Å². The molecule has 0 spiro atoms. The van der Waals surface area contributed by atoms with Crippen LogP contribution in [-0.4, -0.2) is 28.2 Å². The Labute approximate surface area is 174 Å². The van der Waals surface area contributed by atoms with Crippen LogP contribution >= 0.6 is 11.3 Å². The van der Waals surface area contributed by atoms with Crippen molar-refractivity contribution in [3.63, 3.8) is 0 Å². The Morgan fingerprint density at radius 1 is 1.17 bits per heavy atom. The van der Waals surface area contributed by atoms with Crippen molar-refractivity contribution in [2.75, 3.05) is 13.7 Å². The molecule has 0 bridgehead atoms. The van der Waals surface area contributed by atoms with Gasteiger partial charge in [0.05, 0.1) is 4.92 Å². The van der Waals surface area contributed by atoms with Gasteiger partial charge in [0.1, 0.15) is 16.0 Å². The number of fused-ring (bicyclic) bond motifs is 2. The van der Waals surface area contributed by atoms with Crippen LogP contribution in [0.15, 0.2) is 58.1 Å². The second-order valence-electron chi connectivity index (χ2n) is 6.65. The number of non-ortho nitro benzene ring substituents is 1. The number of methoxy groups -OCH3 is 1. The molecule has 30 heavy (non-hydrogen) atoms. The fourth-order valence-electron chi connectivity index (χ4n) is 3.34. The van der Waals surface area contributed by atoms with Crippen molar-refractivity contribution in [2.45, 2.75) is 13.0 Å². The molecule has 0 N–H and O–H groups in total. The molecule has 4 aromatic rings. The Bertz CT molecular complexity index is 1390. The second-order valence-corrected chi connectivity index (χ2v) is 7.68. The van der Waals surface area contributed by atoms with Crippen LogP contribution in [-0.2, 0) is 11.3 Å². The standard InChI is InChI=1S/C21H17N3O5S/c1-29-11-5-10-23-19(13-6-4-7-14(12-13)24(27)28)22-20-17(21(23)26)18(25)15-8-2-3-9-16(15)30-20/h2-4,6-9,12H,5,10-11H2,1H3. The molecule has 0 unspecified atom stereocenters. The number of nitro groups is 1. The fraction of sp³-hybridized carbons (Fsp3) is 0.190. The predicted molar refractivity (Wildman–Crippen MR) is 116 cm³/mol. The molecule has 9 heteroatoms. The molecule has 0 atom stereocenters. The highest BCUT2D eigenvalue weighted by molar-refractivity contribution is 7.24. The second kappa shape index (κ2) is 8.13. The van der Waals surface area contributed by atoms with Gasteiger partial charge in [0.2, 0.25) is 5.43 Å². The lowest BCUT2D eigenvalue weighted by Gasteiger charge is -2.13. The molecule has 0 aliphatic heterocycles. The van der Waals surface area contributed by atoms with E-state index in [-0.39, 0.29) is 23.0 Å². The van der Waals surface area contributed by atoms with Crippen LogP contribution in [0, 0.1) is 10.1 Å². The van der Waals surface area contributed by atoms with Crippen LogP contribution in [0.25, 0.3) is 31.7 Å². The Morgan fingerprint density at radius 2 is 1.97 bits per heavy atom. The third-order valence-corrected chi connectivity index (χ3v) is 5.81. The first-order valence-corrected chi connectivity index (χ1v) is 10.0. The van der Waals surface area contributed by atoms with Gasteiger partial charge in [-0.15, -0.1) is 11.3 Å². The average molecular weight is 423 g/mol.